The molecule has 3 saturated heterocycles. The second-order valence-electron chi connectivity index (χ2n) is 6.94. The van der Waals surface area contributed by atoms with Gasteiger partial charge in [-0.1, -0.05) is 6.92 Å². The van der Waals surface area contributed by atoms with Crippen molar-refractivity contribution in [2.45, 2.75) is 45.1 Å². The van der Waals surface area contributed by atoms with Gasteiger partial charge in [-0.25, -0.2) is 0 Å². The van der Waals surface area contributed by atoms with Crippen LogP contribution in [0.4, 0.5) is 0 Å². The third-order valence-electron chi connectivity index (χ3n) is 5.17. The number of amides is 1. The number of nitrogens with zero attached hydrogens (tertiary/aromatic N) is 2. The van der Waals surface area contributed by atoms with Crippen molar-refractivity contribution in [2.75, 3.05) is 39.3 Å². The molecular weight excluding hydrogens is 238 g/mol. The van der Waals surface area contributed by atoms with Crippen LogP contribution in [0.5, 0.6) is 0 Å². The monoisotopic (exact) mass is 265 g/mol. The van der Waals surface area contributed by atoms with Gasteiger partial charge in [0.25, 0.3) is 0 Å². The highest BCUT2D eigenvalue weighted by Gasteiger charge is 2.34. The second-order valence-corrected chi connectivity index (χ2v) is 6.94. The lowest BCUT2D eigenvalue weighted by Gasteiger charge is -2.39. The fourth-order valence-electron chi connectivity index (χ4n) is 3.99. The molecule has 3 fully saturated rings. The molecule has 0 aliphatic carbocycles. The van der Waals surface area contributed by atoms with E-state index < -0.39 is 0 Å². The zero-order valence-corrected chi connectivity index (χ0v) is 12.2. The van der Waals surface area contributed by atoms with E-state index in [9.17, 15) is 4.79 Å². The van der Waals surface area contributed by atoms with Crippen molar-refractivity contribution >= 4 is 5.91 Å². The fourth-order valence-corrected chi connectivity index (χ4v) is 3.99. The van der Waals surface area contributed by atoms with E-state index in [4.69, 9.17) is 0 Å². The van der Waals surface area contributed by atoms with E-state index in [0.29, 0.717) is 17.4 Å². The zero-order valence-electron chi connectivity index (χ0n) is 12.2. The summed E-state index contributed by atoms with van der Waals surface area (Å²) in [5.74, 6) is 0.394. The second kappa shape index (κ2) is 5.41. The molecule has 108 valence electrons. The molecule has 1 amide bonds. The van der Waals surface area contributed by atoms with Crippen LogP contribution in [0.25, 0.3) is 0 Å². The molecule has 0 aromatic carbocycles. The first kappa shape index (κ1) is 13.4. The Labute approximate surface area is 116 Å². The van der Waals surface area contributed by atoms with Crippen LogP contribution in [-0.2, 0) is 4.79 Å². The van der Waals surface area contributed by atoms with Crippen molar-refractivity contribution in [1.29, 1.82) is 0 Å². The first-order valence-corrected chi connectivity index (χ1v) is 7.89. The van der Waals surface area contributed by atoms with Crippen LogP contribution in [0.1, 0.15) is 39.0 Å². The lowest BCUT2D eigenvalue weighted by Crippen LogP contribution is -2.48. The van der Waals surface area contributed by atoms with Crippen molar-refractivity contribution in [2.24, 2.45) is 5.41 Å². The first-order chi connectivity index (χ1) is 9.16. The molecule has 3 rings (SSSR count). The van der Waals surface area contributed by atoms with Gasteiger partial charge in [-0.3, -0.25) is 4.79 Å². The third kappa shape index (κ3) is 2.95. The van der Waals surface area contributed by atoms with Crippen LogP contribution in [-0.4, -0.2) is 61.0 Å². The Balaban J connectivity index is 1.48. The largest absolute Gasteiger partial charge is 0.340 e. The van der Waals surface area contributed by atoms with Gasteiger partial charge in [0.05, 0.1) is 0 Å². The molecule has 3 aliphatic heterocycles. The number of rotatable bonds is 3. The summed E-state index contributed by atoms with van der Waals surface area (Å²) in [5.41, 5.74) is 0.469. The minimum Gasteiger partial charge on any atom is -0.340 e. The Kier molecular flexibility index (Phi) is 3.81. The van der Waals surface area contributed by atoms with Crippen LogP contribution in [0.15, 0.2) is 0 Å². The maximum atomic E-state index is 11.8. The fraction of sp³-hybridized carbons (Fsp3) is 0.933. The molecule has 3 heterocycles. The lowest BCUT2D eigenvalue weighted by atomic mass is 9.88. The SMILES string of the molecule is CC1(CN2CCC(N3CCCC3=O)CC2)CCNC1. The molecule has 0 aromatic heterocycles. The minimum absolute atomic E-state index is 0.394. The summed E-state index contributed by atoms with van der Waals surface area (Å²) < 4.78 is 0. The van der Waals surface area contributed by atoms with Gasteiger partial charge in [-0.2, -0.15) is 0 Å². The number of hydrogen-bond donors (Lipinski definition) is 1. The molecule has 0 aromatic rings. The maximum Gasteiger partial charge on any atom is 0.222 e. The highest BCUT2D eigenvalue weighted by atomic mass is 16.2. The van der Waals surface area contributed by atoms with Gasteiger partial charge in [0.1, 0.15) is 0 Å². The van der Waals surface area contributed by atoms with Gasteiger partial charge in [-0.05, 0) is 37.6 Å². The summed E-state index contributed by atoms with van der Waals surface area (Å²) in [6, 6.07) is 0.528. The van der Waals surface area contributed by atoms with Gasteiger partial charge in [0.2, 0.25) is 5.91 Å². The molecule has 19 heavy (non-hydrogen) atoms. The molecule has 1 unspecified atom stereocenters. The molecule has 1 N–H and O–H groups in total. The minimum atomic E-state index is 0.394. The van der Waals surface area contributed by atoms with Gasteiger partial charge in [-0.15, -0.1) is 0 Å². The molecule has 0 bridgehead atoms. The van der Waals surface area contributed by atoms with Gasteiger partial charge < -0.3 is 15.1 Å². The number of nitrogens with one attached hydrogen (secondary N) is 1. The first-order valence-electron chi connectivity index (χ1n) is 7.89. The zero-order chi connectivity index (χ0) is 13.3. The number of piperidine rings is 1. The Bertz CT molecular complexity index is 330. The average molecular weight is 265 g/mol. The van der Waals surface area contributed by atoms with Crippen LogP contribution >= 0.6 is 0 Å². The van der Waals surface area contributed by atoms with Crippen LogP contribution in [0, 0.1) is 5.41 Å². The summed E-state index contributed by atoms with van der Waals surface area (Å²) in [6.45, 7) is 9.32. The summed E-state index contributed by atoms with van der Waals surface area (Å²) in [6.07, 6.45) is 5.51. The molecule has 1 atom stereocenters. The van der Waals surface area contributed by atoms with Crippen LogP contribution < -0.4 is 5.32 Å². The summed E-state index contributed by atoms with van der Waals surface area (Å²) in [4.78, 5) is 16.6. The Morgan fingerprint density at radius 1 is 1.32 bits per heavy atom. The third-order valence-corrected chi connectivity index (χ3v) is 5.17. The quantitative estimate of drug-likeness (QED) is 0.829. The Hall–Kier alpha value is -0.610. The van der Waals surface area contributed by atoms with Crippen molar-refractivity contribution in [3.8, 4) is 0 Å². The van der Waals surface area contributed by atoms with E-state index >= 15 is 0 Å². The van der Waals surface area contributed by atoms with E-state index in [1.165, 1.54) is 45.4 Å². The average Bonchev–Trinajstić information content (AvgIpc) is 3.00. The summed E-state index contributed by atoms with van der Waals surface area (Å²) >= 11 is 0. The number of carbonyl (C=O) groups excluding carboxylic acids is 1. The van der Waals surface area contributed by atoms with Crippen molar-refractivity contribution in [1.82, 2.24) is 15.1 Å². The molecular formula is C15H27N3O. The number of likely N-dealkylation sites (tertiary alicyclic amines) is 2. The maximum absolute atomic E-state index is 11.8. The van der Waals surface area contributed by atoms with Crippen LogP contribution in [0.3, 0.4) is 0 Å². The van der Waals surface area contributed by atoms with E-state index in [1.807, 2.05) is 0 Å². The molecule has 0 spiro atoms. The normalized spacial score (nSPS) is 34.4. The summed E-state index contributed by atoms with van der Waals surface area (Å²) in [7, 11) is 0. The van der Waals surface area contributed by atoms with Crippen LogP contribution in [0.2, 0.25) is 0 Å². The summed E-state index contributed by atoms with van der Waals surface area (Å²) in [5, 5.41) is 3.48. The number of hydrogen-bond acceptors (Lipinski definition) is 3. The molecule has 0 saturated carbocycles. The van der Waals surface area contributed by atoms with Crippen molar-refractivity contribution in [3.05, 3.63) is 0 Å². The lowest BCUT2D eigenvalue weighted by molar-refractivity contribution is -0.130. The van der Waals surface area contributed by atoms with Gasteiger partial charge in [0.15, 0.2) is 0 Å². The highest BCUT2D eigenvalue weighted by Crippen LogP contribution is 2.28. The predicted octanol–water partition coefficient (Wildman–Crippen LogP) is 1.07. The van der Waals surface area contributed by atoms with Crippen molar-refractivity contribution in [3.63, 3.8) is 0 Å². The van der Waals surface area contributed by atoms with Gasteiger partial charge >= 0.3 is 0 Å². The standard InChI is InChI=1S/C15H27N3O/c1-15(6-7-16-11-15)12-17-9-4-13(5-10-17)18-8-2-3-14(18)19/h13,16H,2-12H2,1H3. The number of carbonyl (C=O) groups is 1. The van der Waals surface area contributed by atoms with Crippen molar-refractivity contribution < 1.29 is 4.79 Å². The Morgan fingerprint density at radius 2 is 2.11 bits per heavy atom. The molecule has 4 heteroatoms. The smallest absolute Gasteiger partial charge is 0.222 e. The van der Waals surface area contributed by atoms with E-state index in [0.717, 1.165) is 25.9 Å². The molecule has 3 aliphatic rings. The highest BCUT2D eigenvalue weighted by molar-refractivity contribution is 5.78. The Morgan fingerprint density at radius 3 is 2.68 bits per heavy atom. The van der Waals surface area contributed by atoms with E-state index in [-0.39, 0.29) is 0 Å². The predicted molar refractivity (Wildman–Crippen MR) is 76.0 cm³/mol. The molecule has 4 nitrogen and oxygen atoms in total. The topological polar surface area (TPSA) is 35.6 Å². The van der Waals surface area contributed by atoms with E-state index in [1.54, 1.807) is 0 Å². The van der Waals surface area contributed by atoms with E-state index in [2.05, 4.69) is 22.0 Å². The van der Waals surface area contributed by atoms with Gasteiger partial charge in [0, 0.05) is 45.2 Å². The molecule has 0 radical (unpaired) electrons.